The third-order valence-corrected chi connectivity index (χ3v) is 3.47. The van der Waals surface area contributed by atoms with Crippen LogP contribution in [0.2, 0.25) is 0 Å². The summed E-state index contributed by atoms with van der Waals surface area (Å²) in [6.07, 6.45) is 3.00. The molecule has 0 radical (unpaired) electrons. The maximum absolute atomic E-state index is 8.89. The molecule has 0 aromatic heterocycles. The number of nitrogens with one attached hydrogen (secondary N) is 1. The van der Waals surface area contributed by atoms with Gasteiger partial charge in [-0.1, -0.05) is 13.8 Å². The Balaban J connectivity index is 3.73. The minimum Gasteiger partial charge on any atom is -0.396 e. The fourth-order valence-corrected chi connectivity index (χ4v) is 2.27. The highest BCUT2D eigenvalue weighted by Gasteiger charge is 2.11. The summed E-state index contributed by atoms with van der Waals surface area (Å²) < 4.78 is 0. The van der Waals surface area contributed by atoms with Gasteiger partial charge in [-0.05, 0) is 30.8 Å². The minimum absolute atomic E-state index is 0.256. The molecule has 0 aliphatic carbocycles. The zero-order valence-corrected chi connectivity index (χ0v) is 10.9. The summed E-state index contributed by atoms with van der Waals surface area (Å²) in [6.45, 7) is 5.26. The van der Waals surface area contributed by atoms with E-state index in [4.69, 9.17) is 10.8 Å². The lowest BCUT2D eigenvalue weighted by atomic mass is 10.1. The van der Waals surface area contributed by atoms with Crippen molar-refractivity contribution in [3.8, 4) is 0 Å². The molecule has 92 valence electrons. The van der Waals surface area contributed by atoms with Crippen LogP contribution < -0.4 is 11.1 Å². The summed E-state index contributed by atoms with van der Waals surface area (Å²) in [5.41, 5.74) is 5.72. The lowest BCUT2D eigenvalue weighted by Gasteiger charge is -2.23. The largest absolute Gasteiger partial charge is 0.396 e. The van der Waals surface area contributed by atoms with Crippen LogP contribution in [0.3, 0.4) is 0 Å². The molecule has 0 aliphatic heterocycles. The number of rotatable bonds is 10. The molecule has 0 saturated carbocycles. The zero-order chi connectivity index (χ0) is 11.5. The molecule has 4 heteroatoms. The predicted octanol–water partition coefficient (Wildman–Crippen LogP) is 1.21. The molecule has 2 unspecified atom stereocenters. The van der Waals surface area contributed by atoms with Gasteiger partial charge in [-0.25, -0.2) is 0 Å². The van der Waals surface area contributed by atoms with E-state index in [1.165, 1.54) is 11.5 Å². The van der Waals surface area contributed by atoms with E-state index in [0.29, 0.717) is 18.6 Å². The standard InChI is InChI=1S/C11H26N2OS/c1-3-10(5-7-14)13-11(9-12)6-8-15-4-2/h10-11,13-14H,3-9,12H2,1-2H3. The van der Waals surface area contributed by atoms with E-state index in [-0.39, 0.29) is 6.61 Å². The molecule has 0 aromatic carbocycles. The highest BCUT2D eigenvalue weighted by molar-refractivity contribution is 7.99. The average molecular weight is 234 g/mol. The van der Waals surface area contributed by atoms with Gasteiger partial charge in [-0.2, -0.15) is 11.8 Å². The summed E-state index contributed by atoms with van der Waals surface area (Å²) in [4.78, 5) is 0. The monoisotopic (exact) mass is 234 g/mol. The first kappa shape index (κ1) is 15.2. The molecular formula is C11H26N2OS. The molecule has 15 heavy (non-hydrogen) atoms. The van der Waals surface area contributed by atoms with Crippen LogP contribution in [-0.2, 0) is 0 Å². The Labute approximate surface area is 98.2 Å². The Bertz CT molecular complexity index is 136. The van der Waals surface area contributed by atoms with Crippen molar-refractivity contribution in [2.75, 3.05) is 24.7 Å². The number of hydrogen-bond acceptors (Lipinski definition) is 4. The number of thioether (sulfide) groups is 1. The quantitative estimate of drug-likeness (QED) is 0.497. The van der Waals surface area contributed by atoms with Crippen LogP contribution in [0, 0.1) is 0 Å². The molecule has 0 rings (SSSR count). The van der Waals surface area contributed by atoms with E-state index in [1.807, 2.05) is 11.8 Å². The summed E-state index contributed by atoms with van der Waals surface area (Å²) in [7, 11) is 0. The molecule has 0 bridgehead atoms. The first-order valence-corrected chi connectivity index (χ1v) is 7.08. The predicted molar refractivity (Wildman–Crippen MR) is 69.4 cm³/mol. The van der Waals surface area contributed by atoms with Crippen molar-refractivity contribution in [3.63, 3.8) is 0 Å². The fourth-order valence-electron chi connectivity index (χ4n) is 1.53. The Kier molecular flexibility index (Phi) is 10.9. The molecule has 0 fully saturated rings. The van der Waals surface area contributed by atoms with Gasteiger partial charge < -0.3 is 16.2 Å². The first-order chi connectivity index (χ1) is 7.28. The Hall–Kier alpha value is 0.230. The second kappa shape index (κ2) is 10.7. The molecule has 0 spiro atoms. The van der Waals surface area contributed by atoms with Gasteiger partial charge in [0.25, 0.3) is 0 Å². The van der Waals surface area contributed by atoms with E-state index in [2.05, 4.69) is 19.2 Å². The van der Waals surface area contributed by atoms with Gasteiger partial charge in [0.1, 0.15) is 0 Å². The molecule has 2 atom stereocenters. The fraction of sp³-hybridized carbons (Fsp3) is 1.00. The zero-order valence-electron chi connectivity index (χ0n) is 10.0. The van der Waals surface area contributed by atoms with Crippen molar-refractivity contribution < 1.29 is 5.11 Å². The van der Waals surface area contributed by atoms with Crippen molar-refractivity contribution in [3.05, 3.63) is 0 Å². The summed E-state index contributed by atoms with van der Waals surface area (Å²) in [5.74, 6) is 2.34. The molecular weight excluding hydrogens is 208 g/mol. The van der Waals surface area contributed by atoms with Crippen molar-refractivity contribution in [2.45, 2.75) is 45.2 Å². The van der Waals surface area contributed by atoms with Crippen molar-refractivity contribution in [1.82, 2.24) is 5.32 Å². The van der Waals surface area contributed by atoms with Gasteiger partial charge in [-0.15, -0.1) is 0 Å². The topological polar surface area (TPSA) is 58.3 Å². The maximum atomic E-state index is 8.89. The third kappa shape index (κ3) is 8.08. The van der Waals surface area contributed by atoms with Crippen LogP contribution in [0.4, 0.5) is 0 Å². The second-order valence-electron chi connectivity index (χ2n) is 3.70. The highest BCUT2D eigenvalue weighted by atomic mass is 32.2. The molecule has 0 heterocycles. The number of hydrogen-bond donors (Lipinski definition) is 3. The van der Waals surface area contributed by atoms with Crippen LogP contribution in [0.1, 0.15) is 33.1 Å². The molecule has 4 N–H and O–H groups in total. The van der Waals surface area contributed by atoms with Gasteiger partial charge in [0.05, 0.1) is 0 Å². The third-order valence-electron chi connectivity index (χ3n) is 2.54. The van der Waals surface area contributed by atoms with Gasteiger partial charge in [-0.3, -0.25) is 0 Å². The second-order valence-corrected chi connectivity index (χ2v) is 5.10. The van der Waals surface area contributed by atoms with E-state index in [0.717, 1.165) is 19.3 Å². The van der Waals surface area contributed by atoms with Crippen LogP contribution in [0.25, 0.3) is 0 Å². The van der Waals surface area contributed by atoms with Gasteiger partial charge in [0, 0.05) is 25.2 Å². The summed E-state index contributed by atoms with van der Waals surface area (Å²) in [6, 6.07) is 0.815. The molecule has 0 saturated heterocycles. The molecule has 0 amide bonds. The van der Waals surface area contributed by atoms with Crippen molar-refractivity contribution in [1.29, 1.82) is 0 Å². The van der Waals surface area contributed by atoms with Crippen LogP contribution >= 0.6 is 11.8 Å². The Morgan fingerprint density at radius 3 is 2.47 bits per heavy atom. The van der Waals surface area contributed by atoms with Crippen molar-refractivity contribution in [2.24, 2.45) is 5.73 Å². The molecule has 0 aliphatic rings. The molecule has 0 aromatic rings. The molecule has 3 nitrogen and oxygen atoms in total. The number of aliphatic hydroxyl groups excluding tert-OH is 1. The van der Waals surface area contributed by atoms with Crippen LogP contribution in [0.15, 0.2) is 0 Å². The number of aliphatic hydroxyl groups is 1. The first-order valence-electron chi connectivity index (χ1n) is 5.93. The van der Waals surface area contributed by atoms with E-state index in [1.54, 1.807) is 0 Å². The van der Waals surface area contributed by atoms with Crippen LogP contribution in [-0.4, -0.2) is 41.8 Å². The summed E-state index contributed by atoms with van der Waals surface area (Å²) >= 11 is 1.95. The number of nitrogens with two attached hydrogens (primary N) is 1. The normalized spacial score (nSPS) is 15.2. The lowest BCUT2D eigenvalue weighted by molar-refractivity contribution is 0.255. The smallest absolute Gasteiger partial charge is 0.0445 e. The summed E-state index contributed by atoms with van der Waals surface area (Å²) in [5, 5.41) is 12.4. The Morgan fingerprint density at radius 2 is 2.00 bits per heavy atom. The van der Waals surface area contributed by atoms with Gasteiger partial charge in [0.15, 0.2) is 0 Å². The highest BCUT2D eigenvalue weighted by Crippen LogP contribution is 2.06. The lowest BCUT2D eigenvalue weighted by Crippen LogP contribution is -2.43. The van der Waals surface area contributed by atoms with E-state index >= 15 is 0 Å². The Morgan fingerprint density at radius 1 is 1.27 bits per heavy atom. The minimum atomic E-state index is 0.256. The van der Waals surface area contributed by atoms with E-state index < -0.39 is 0 Å². The van der Waals surface area contributed by atoms with E-state index in [9.17, 15) is 0 Å². The average Bonchev–Trinajstić information content (AvgIpc) is 2.26. The van der Waals surface area contributed by atoms with Crippen LogP contribution in [0.5, 0.6) is 0 Å². The SMILES string of the molecule is CCSCCC(CN)NC(CC)CCO. The van der Waals surface area contributed by atoms with Gasteiger partial charge >= 0.3 is 0 Å². The maximum Gasteiger partial charge on any atom is 0.0445 e. The van der Waals surface area contributed by atoms with Crippen molar-refractivity contribution >= 4 is 11.8 Å². The van der Waals surface area contributed by atoms with Gasteiger partial charge in [0.2, 0.25) is 0 Å².